The number of nitrogens with one attached hydrogen (secondary N) is 1. The number of fused-ring (bicyclic) bond motifs is 1. The predicted octanol–water partition coefficient (Wildman–Crippen LogP) is 5.59. The first-order chi connectivity index (χ1) is 18.6. The van der Waals surface area contributed by atoms with Crippen LogP contribution in [0.1, 0.15) is 32.2 Å². The molecule has 5 rings (SSSR count). The first kappa shape index (κ1) is 26.5. The van der Waals surface area contributed by atoms with E-state index in [0.717, 1.165) is 10.4 Å². The molecule has 204 valence electrons. The highest BCUT2D eigenvalue weighted by Crippen LogP contribution is 2.39. The molecule has 0 unspecified atom stereocenters. The Balaban J connectivity index is 1.37. The second-order valence-corrected chi connectivity index (χ2v) is 11.5. The Morgan fingerprint density at radius 2 is 1.97 bits per heavy atom. The number of piperidine rings is 1. The molecule has 3 aromatic heterocycles. The van der Waals surface area contributed by atoms with Gasteiger partial charge in [-0.25, -0.2) is 24.1 Å². The number of hydrogen-bond acceptors (Lipinski definition) is 10. The summed E-state index contributed by atoms with van der Waals surface area (Å²) in [5.41, 5.74) is 7.23. The summed E-state index contributed by atoms with van der Waals surface area (Å²) in [5.74, 6) is 1.29. The fourth-order valence-electron chi connectivity index (χ4n) is 4.36. The minimum atomic E-state index is -1.19. The van der Waals surface area contributed by atoms with Gasteiger partial charge in [0.1, 0.15) is 22.4 Å². The number of rotatable bonds is 5. The molecule has 2 atom stereocenters. The molecule has 1 fully saturated rings. The van der Waals surface area contributed by atoms with E-state index >= 15 is 0 Å². The maximum Gasteiger partial charge on any atom is 0.410 e. The Bertz CT molecular complexity index is 1510. The average molecular weight is 552 g/mol. The third kappa shape index (κ3) is 6.17. The van der Waals surface area contributed by atoms with Gasteiger partial charge in [-0.1, -0.05) is 0 Å². The van der Waals surface area contributed by atoms with Gasteiger partial charge in [0.25, 0.3) is 0 Å². The van der Waals surface area contributed by atoms with Gasteiger partial charge in [-0.3, -0.25) is 4.98 Å². The lowest BCUT2D eigenvalue weighted by atomic mass is 10.0. The van der Waals surface area contributed by atoms with Gasteiger partial charge < -0.3 is 25.4 Å². The Labute approximate surface area is 229 Å². The summed E-state index contributed by atoms with van der Waals surface area (Å²) < 4.78 is 26.2. The van der Waals surface area contributed by atoms with Crippen LogP contribution in [0, 0.1) is 6.92 Å². The molecule has 12 heteroatoms. The van der Waals surface area contributed by atoms with E-state index in [9.17, 15) is 9.18 Å². The minimum Gasteiger partial charge on any atom is -0.444 e. The average Bonchev–Trinajstić information content (AvgIpc) is 3.24. The number of nitrogens with zero attached hydrogens (tertiary/aromatic N) is 5. The van der Waals surface area contributed by atoms with Gasteiger partial charge in [0, 0.05) is 36.8 Å². The van der Waals surface area contributed by atoms with Gasteiger partial charge in [-0.2, -0.15) is 0 Å². The number of alkyl halides is 1. The standard InChI is InChI=1S/C27H30FN7O3S/c1-15-32-24(37-21-8-7-19(29)22-18(21)6-5-10-30-22)23(39-15)20-9-11-31-25(34-20)33-17-12-16(28)13-35(14-17)26(36)38-27(2,3)4/h5-11,16-17H,12-14,29H2,1-4H3,(H,31,33,34)/t16-,17-/m0/s1. The van der Waals surface area contributed by atoms with Crippen LogP contribution < -0.4 is 15.8 Å². The van der Waals surface area contributed by atoms with Crippen LogP contribution in [-0.4, -0.2) is 61.8 Å². The molecule has 4 aromatic rings. The fourth-order valence-corrected chi connectivity index (χ4v) is 5.17. The summed E-state index contributed by atoms with van der Waals surface area (Å²) in [6.07, 6.45) is 1.78. The van der Waals surface area contributed by atoms with Gasteiger partial charge in [-0.15, -0.1) is 11.3 Å². The predicted molar refractivity (Wildman–Crippen MR) is 149 cm³/mol. The van der Waals surface area contributed by atoms with Crippen molar-refractivity contribution in [2.24, 2.45) is 0 Å². The highest BCUT2D eigenvalue weighted by Gasteiger charge is 2.33. The highest BCUT2D eigenvalue weighted by atomic mass is 32.1. The monoisotopic (exact) mass is 551 g/mol. The number of pyridine rings is 1. The van der Waals surface area contributed by atoms with E-state index in [2.05, 4.69) is 25.3 Å². The number of halogens is 1. The first-order valence-corrected chi connectivity index (χ1v) is 13.4. The molecule has 0 saturated carbocycles. The number of anilines is 2. The van der Waals surface area contributed by atoms with Crippen LogP contribution in [0.25, 0.3) is 21.5 Å². The fraction of sp³-hybridized carbons (Fsp3) is 0.370. The van der Waals surface area contributed by atoms with Crippen molar-refractivity contribution < 1.29 is 18.7 Å². The topological polar surface area (TPSA) is 128 Å². The number of nitrogens with two attached hydrogens (primary N) is 1. The van der Waals surface area contributed by atoms with Crippen molar-refractivity contribution in [2.45, 2.75) is 51.9 Å². The third-order valence-electron chi connectivity index (χ3n) is 5.94. The Morgan fingerprint density at radius 1 is 1.15 bits per heavy atom. The summed E-state index contributed by atoms with van der Waals surface area (Å²) in [5, 5.41) is 4.75. The second-order valence-electron chi connectivity index (χ2n) is 10.3. The number of amides is 1. The van der Waals surface area contributed by atoms with Crippen molar-refractivity contribution in [1.82, 2.24) is 24.8 Å². The van der Waals surface area contributed by atoms with Crippen LogP contribution >= 0.6 is 11.3 Å². The molecule has 1 amide bonds. The molecule has 4 heterocycles. The van der Waals surface area contributed by atoms with Gasteiger partial charge in [0.05, 0.1) is 28.5 Å². The van der Waals surface area contributed by atoms with Crippen molar-refractivity contribution in [3.05, 3.63) is 47.7 Å². The molecule has 0 bridgehead atoms. The van der Waals surface area contributed by atoms with Gasteiger partial charge in [0.15, 0.2) is 0 Å². The maximum atomic E-state index is 14.6. The zero-order valence-corrected chi connectivity index (χ0v) is 23.0. The lowest BCUT2D eigenvalue weighted by Crippen LogP contribution is -2.51. The van der Waals surface area contributed by atoms with Crippen LogP contribution in [-0.2, 0) is 4.74 Å². The molecule has 1 saturated heterocycles. The number of hydrogen-bond donors (Lipinski definition) is 2. The largest absolute Gasteiger partial charge is 0.444 e. The van der Waals surface area contributed by atoms with E-state index in [4.69, 9.17) is 15.2 Å². The SMILES string of the molecule is Cc1nc(Oc2ccc(N)c3ncccc23)c(-c2ccnc(N[C@H]3C[C@H](F)CN(C(=O)OC(C)(C)C)C3)n2)s1. The number of aromatic nitrogens is 4. The van der Waals surface area contributed by atoms with Crippen LogP contribution in [0.15, 0.2) is 42.7 Å². The van der Waals surface area contributed by atoms with Crippen molar-refractivity contribution in [2.75, 3.05) is 24.1 Å². The lowest BCUT2D eigenvalue weighted by molar-refractivity contribution is 0.0124. The molecule has 1 aliphatic heterocycles. The van der Waals surface area contributed by atoms with Crippen molar-refractivity contribution >= 4 is 40.0 Å². The number of thiazole rings is 1. The summed E-state index contributed by atoms with van der Waals surface area (Å²) in [6, 6.07) is 8.63. The zero-order chi connectivity index (χ0) is 27.7. The van der Waals surface area contributed by atoms with E-state index in [1.54, 1.807) is 51.4 Å². The van der Waals surface area contributed by atoms with E-state index in [1.807, 2.05) is 19.1 Å². The van der Waals surface area contributed by atoms with Gasteiger partial charge >= 0.3 is 6.09 Å². The van der Waals surface area contributed by atoms with Gasteiger partial charge in [0.2, 0.25) is 11.8 Å². The zero-order valence-electron chi connectivity index (χ0n) is 22.1. The number of benzene rings is 1. The molecular weight excluding hydrogens is 521 g/mol. The quantitative estimate of drug-likeness (QED) is 0.305. The van der Waals surface area contributed by atoms with Gasteiger partial charge in [-0.05, 0) is 58.0 Å². The maximum absolute atomic E-state index is 14.6. The number of carbonyl (C=O) groups excluding carboxylic acids is 1. The second kappa shape index (κ2) is 10.6. The number of ether oxygens (including phenoxy) is 2. The highest BCUT2D eigenvalue weighted by molar-refractivity contribution is 7.15. The van der Waals surface area contributed by atoms with Crippen LogP contribution in [0.4, 0.5) is 20.8 Å². The number of likely N-dealkylation sites (tertiary alicyclic amines) is 1. The van der Waals surface area contributed by atoms with Crippen molar-refractivity contribution in [3.63, 3.8) is 0 Å². The lowest BCUT2D eigenvalue weighted by Gasteiger charge is -2.36. The normalized spacial score (nSPS) is 17.7. The number of nitrogen functional groups attached to an aromatic ring is 1. The molecule has 39 heavy (non-hydrogen) atoms. The van der Waals surface area contributed by atoms with E-state index in [1.165, 1.54) is 16.2 Å². The minimum absolute atomic E-state index is 0.00975. The summed E-state index contributed by atoms with van der Waals surface area (Å²) in [6.45, 7) is 7.49. The molecule has 1 aliphatic rings. The Morgan fingerprint density at radius 3 is 2.77 bits per heavy atom. The third-order valence-corrected chi connectivity index (χ3v) is 6.92. The van der Waals surface area contributed by atoms with E-state index in [0.29, 0.717) is 39.4 Å². The van der Waals surface area contributed by atoms with E-state index < -0.39 is 17.9 Å². The molecule has 1 aromatic carbocycles. The summed E-state index contributed by atoms with van der Waals surface area (Å²) in [7, 11) is 0. The smallest absolute Gasteiger partial charge is 0.410 e. The van der Waals surface area contributed by atoms with Crippen LogP contribution in [0.2, 0.25) is 0 Å². The van der Waals surface area contributed by atoms with Crippen molar-refractivity contribution in [3.8, 4) is 22.2 Å². The molecule has 3 N–H and O–H groups in total. The molecule has 0 spiro atoms. The molecule has 10 nitrogen and oxygen atoms in total. The first-order valence-electron chi connectivity index (χ1n) is 12.6. The summed E-state index contributed by atoms with van der Waals surface area (Å²) in [4.78, 5) is 32.6. The Hall–Kier alpha value is -4.06. The van der Waals surface area contributed by atoms with Crippen LogP contribution in [0.3, 0.4) is 0 Å². The van der Waals surface area contributed by atoms with Crippen molar-refractivity contribution in [1.29, 1.82) is 0 Å². The number of aryl methyl sites for hydroxylation is 1. The summed E-state index contributed by atoms with van der Waals surface area (Å²) >= 11 is 1.44. The number of carbonyl (C=O) groups is 1. The molecule has 0 radical (unpaired) electrons. The van der Waals surface area contributed by atoms with Crippen LogP contribution in [0.5, 0.6) is 11.6 Å². The molecular formula is C27H30FN7O3S. The Kier molecular flexibility index (Phi) is 7.21. The van der Waals surface area contributed by atoms with E-state index in [-0.39, 0.29) is 25.6 Å². The molecule has 0 aliphatic carbocycles.